The van der Waals surface area contributed by atoms with Crippen LogP contribution in [0.2, 0.25) is 0 Å². The van der Waals surface area contributed by atoms with Gasteiger partial charge in [-0.1, -0.05) is 43.7 Å². The van der Waals surface area contributed by atoms with Crippen molar-refractivity contribution in [2.24, 2.45) is 0 Å². The minimum Gasteiger partial charge on any atom is -0.384 e. The Hall–Kier alpha value is -0.910. The van der Waals surface area contributed by atoms with Gasteiger partial charge in [0.1, 0.15) is 11.4 Å². The summed E-state index contributed by atoms with van der Waals surface area (Å²) >= 11 is 0. The minimum absolute atomic E-state index is 0.288. The van der Waals surface area contributed by atoms with Gasteiger partial charge in [-0.3, -0.25) is 4.55 Å². The molecule has 0 bridgehead atoms. The van der Waals surface area contributed by atoms with Gasteiger partial charge in [0.2, 0.25) is 0 Å². The molecule has 0 amide bonds. The summed E-state index contributed by atoms with van der Waals surface area (Å²) in [7, 11) is -4.20. The highest BCUT2D eigenvalue weighted by Crippen LogP contribution is 2.27. The Morgan fingerprint density at radius 2 is 1.81 bits per heavy atom. The summed E-state index contributed by atoms with van der Waals surface area (Å²) in [6.07, 6.45) is 0.914. The molecule has 0 fully saturated rings. The Morgan fingerprint density at radius 1 is 1.25 bits per heavy atom. The first-order chi connectivity index (χ1) is 7.37. The Labute approximate surface area is 95.7 Å². The van der Waals surface area contributed by atoms with E-state index in [0.29, 0.717) is 12.0 Å². The Balaban J connectivity index is 3.07. The third-order valence-corrected chi connectivity index (χ3v) is 3.24. The van der Waals surface area contributed by atoms with Gasteiger partial charge in [-0.25, -0.2) is 0 Å². The molecule has 1 rings (SSSR count). The van der Waals surface area contributed by atoms with Crippen LogP contribution in [0.4, 0.5) is 0 Å². The lowest BCUT2D eigenvalue weighted by Crippen LogP contribution is -2.34. The fourth-order valence-electron chi connectivity index (χ4n) is 1.76. The first kappa shape index (κ1) is 13.2. The normalized spacial score (nSPS) is 15.7. The SMILES string of the molecule is CCCC(O)(CS(=O)(=O)O)c1ccccc1. The third-order valence-electron chi connectivity index (χ3n) is 2.40. The lowest BCUT2D eigenvalue weighted by atomic mass is 9.91. The van der Waals surface area contributed by atoms with Crippen molar-refractivity contribution in [3.8, 4) is 0 Å². The number of benzene rings is 1. The van der Waals surface area contributed by atoms with E-state index >= 15 is 0 Å². The van der Waals surface area contributed by atoms with Gasteiger partial charge in [0.25, 0.3) is 10.1 Å². The summed E-state index contributed by atoms with van der Waals surface area (Å²) in [6, 6.07) is 8.53. The van der Waals surface area contributed by atoms with Crippen molar-refractivity contribution in [1.29, 1.82) is 0 Å². The molecule has 90 valence electrons. The molecular formula is C11H16O4S. The van der Waals surface area contributed by atoms with Crippen molar-refractivity contribution < 1.29 is 18.1 Å². The molecule has 5 heteroatoms. The molecule has 4 nitrogen and oxygen atoms in total. The molecule has 1 aromatic rings. The summed E-state index contributed by atoms with van der Waals surface area (Å²) in [6.45, 7) is 1.85. The maximum atomic E-state index is 10.9. The molecule has 16 heavy (non-hydrogen) atoms. The van der Waals surface area contributed by atoms with E-state index in [0.717, 1.165) is 0 Å². The average molecular weight is 244 g/mol. The maximum absolute atomic E-state index is 10.9. The van der Waals surface area contributed by atoms with Crippen molar-refractivity contribution in [2.45, 2.75) is 25.4 Å². The molecule has 2 N–H and O–H groups in total. The van der Waals surface area contributed by atoms with E-state index < -0.39 is 21.5 Å². The zero-order valence-corrected chi connectivity index (χ0v) is 9.94. The topological polar surface area (TPSA) is 74.6 Å². The van der Waals surface area contributed by atoms with Crippen molar-refractivity contribution >= 4 is 10.1 Å². The molecule has 0 saturated heterocycles. The maximum Gasteiger partial charge on any atom is 0.268 e. The molecule has 0 aromatic heterocycles. The minimum atomic E-state index is -4.20. The third kappa shape index (κ3) is 3.59. The molecule has 0 aliphatic rings. The number of rotatable bonds is 5. The molecule has 0 heterocycles. The summed E-state index contributed by atoms with van der Waals surface area (Å²) < 4.78 is 30.6. The predicted molar refractivity (Wildman–Crippen MR) is 61.7 cm³/mol. The lowest BCUT2D eigenvalue weighted by Gasteiger charge is -2.26. The Bertz CT molecular complexity index is 427. The fraction of sp³-hybridized carbons (Fsp3) is 0.455. The molecule has 0 aliphatic heterocycles. The highest BCUT2D eigenvalue weighted by Gasteiger charge is 2.33. The summed E-state index contributed by atoms with van der Waals surface area (Å²) in [5.74, 6) is -0.669. The van der Waals surface area contributed by atoms with Gasteiger partial charge in [0, 0.05) is 0 Å². The molecule has 1 unspecified atom stereocenters. The smallest absolute Gasteiger partial charge is 0.268 e. The van der Waals surface area contributed by atoms with Crippen molar-refractivity contribution in [3.63, 3.8) is 0 Å². The van der Waals surface area contributed by atoms with Crippen LogP contribution >= 0.6 is 0 Å². The van der Waals surface area contributed by atoms with E-state index in [4.69, 9.17) is 4.55 Å². The molecular weight excluding hydrogens is 228 g/mol. The van der Waals surface area contributed by atoms with Gasteiger partial charge >= 0.3 is 0 Å². The van der Waals surface area contributed by atoms with Crippen LogP contribution in [-0.2, 0) is 15.7 Å². The van der Waals surface area contributed by atoms with Crippen LogP contribution in [0.3, 0.4) is 0 Å². The molecule has 0 radical (unpaired) electrons. The summed E-state index contributed by atoms with van der Waals surface area (Å²) in [5, 5.41) is 10.3. The van der Waals surface area contributed by atoms with Crippen LogP contribution < -0.4 is 0 Å². The van der Waals surface area contributed by atoms with Crippen molar-refractivity contribution in [2.75, 3.05) is 5.75 Å². The van der Waals surface area contributed by atoms with Crippen molar-refractivity contribution in [1.82, 2.24) is 0 Å². The zero-order chi connectivity index (χ0) is 12.2. The van der Waals surface area contributed by atoms with Gasteiger partial charge in [-0.05, 0) is 12.0 Å². The second kappa shape index (κ2) is 4.95. The van der Waals surface area contributed by atoms with Crippen LogP contribution in [0.25, 0.3) is 0 Å². The second-order valence-corrected chi connectivity index (χ2v) is 5.33. The van der Waals surface area contributed by atoms with E-state index in [2.05, 4.69) is 0 Å². The van der Waals surface area contributed by atoms with E-state index in [1.54, 1.807) is 30.3 Å². The average Bonchev–Trinajstić information content (AvgIpc) is 2.16. The van der Waals surface area contributed by atoms with Gasteiger partial charge in [-0.2, -0.15) is 8.42 Å². The van der Waals surface area contributed by atoms with Gasteiger partial charge in [0.15, 0.2) is 0 Å². The van der Waals surface area contributed by atoms with Crippen molar-refractivity contribution in [3.05, 3.63) is 35.9 Å². The number of hydrogen-bond donors (Lipinski definition) is 2. The van der Waals surface area contributed by atoms with E-state index in [9.17, 15) is 13.5 Å². The van der Waals surface area contributed by atoms with E-state index in [-0.39, 0.29) is 6.42 Å². The second-order valence-electron chi connectivity index (χ2n) is 3.87. The lowest BCUT2D eigenvalue weighted by molar-refractivity contribution is 0.0489. The number of hydrogen-bond acceptors (Lipinski definition) is 3. The van der Waals surface area contributed by atoms with Crippen LogP contribution in [0.15, 0.2) is 30.3 Å². The van der Waals surface area contributed by atoms with Crippen LogP contribution in [0, 0.1) is 0 Å². The molecule has 0 saturated carbocycles. The molecule has 1 aromatic carbocycles. The molecule has 0 spiro atoms. The Morgan fingerprint density at radius 3 is 2.25 bits per heavy atom. The standard InChI is InChI=1S/C11H16O4S/c1-2-8-11(12,9-16(13,14)15)10-6-4-3-5-7-10/h3-7,12H,2,8-9H2,1H3,(H,13,14,15). The quantitative estimate of drug-likeness (QED) is 0.771. The van der Waals surface area contributed by atoms with Gasteiger partial charge in [-0.15, -0.1) is 0 Å². The van der Waals surface area contributed by atoms with Crippen LogP contribution in [0.5, 0.6) is 0 Å². The van der Waals surface area contributed by atoms with Gasteiger partial charge in [0.05, 0.1) is 0 Å². The number of aliphatic hydroxyl groups is 1. The predicted octanol–water partition coefficient (Wildman–Crippen LogP) is 1.56. The fourth-order valence-corrected chi connectivity index (χ4v) is 2.68. The monoisotopic (exact) mass is 244 g/mol. The highest BCUT2D eigenvalue weighted by atomic mass is 32.2. The molecule has 1 atom stereocenters. The largest absolute Gasteiger partial charge is 0.384 e. The van der Waals surface area contributed by atoms with E-state index in [1.807, 2.05) is 6.92 Å². The van der Waals surface area contributed by atoms with Gasteiger partial charge < -0.3 is 5.11 Å². The summed E-state index contributed by atoms with van der Waals surface area (Å²) in [5.41, 5.74) is -1.00. The van der Waals surface area contributed by atoms with Crippen LogP contribution in [-0.4, -0.2) is 23.8 Å². The molecule has 0 aliphatic carbocycles. The van der Waals surface area contributed by atoms with Crippen LogP contribution in [0.1, 0.15) is 25.3 Å². The first-order valence-electron chi connectivity index (χ1n) is 5.10. The van der Waals surface area contributed by atoms with E-state index in [1.165, 1.54) is 0 Å². The zero-order valence-electron chi connectivity index (χ0n) is 9.13. The highest BCUT2D eigenvalue weighted by molar-refractivity contribution is 7.85. The Kier molecular flexibility index (Phi) is 4.07. The summed E-state index contributed by atoms with van der Waals surface area (Å²) in [4.78, 5) is 0. The first-order valence-corrected chi connectivity index (χ1v) is 6.71.